The van der Waals surface area contributed by atoms with Crippen LogP contribution in [0.25, 0.3) is 0 Å². The summed E-state index contributed by atoms with van der Waals surface area (Å²) in [5, 5.41) is 13.1. The quantitative estimate of drug-likeness (QED) is 0.677. The molecule has 0 spiro atoms. The normalized spacial score (nSPS) is 27.8. The summed E-state index contributed by atoms with van der Waals surface area (Å²) >= 11 is 0. The molecule has 1 aromatic carbocycles. The highest BCUT2D eigenvalue weighted by atomic mass is 19.1. The molecule has 2 rings (SSSR count). The van der Waals surface area contributed by atoms with Crippen molar-refractivity contribution < 1.29 is 9.50 Å². The van der Waals surface area contributed by atoms with Crippen LogP contribution in [-0.4, -0.2) is 18.2 Å². The Hall–Kier alpha value is -0.930. The van der Waals surface area contributed by atoms with Gasteiger partial charge in [0.2, 0.25) is 0 Å². The molecule has 0 aliphatic carbocycles. The monoisotopic (exact) mass is 181 g/mol. The summed E-state index contributed by atoms with van der Waals surface area (Å²) in [7, 11) is 0. The van der Waals surface area contributed by atoms with Gasteiger partial charge in [-0.1, -0.05) is 18.2 Å². The Balaban J connectivity index is 2.39. The molecule has 3 heteroatoms. The van der Waals surface area contributed by atoms with Crippen LogP contribution in [0.5, 0.6) is 0 Å². The molecule has 0 bridgehead atoms. The fraction of sp³-hybridized carbons (Fsp3) is 0.400. The second kappa shape index (κ2) is 3.09. The van der Waals surface area contributed by atoms with Gasteiger partial charge in [0.25, 0.3) is 0 Å². The van der Waals surface area contributed by atoms with E-state index in [0.29, 0.717) is 18.5 Å². The van der Waals surface area contributed by atoms with Crippen LogP contribution in [0.4, 0.5) is 4.39 Å². The molecule has 0 radical (unpaired) electrons. The Morgan fingerprint density at radius 2 is 2.15 bits per heavy atom. The van der Waals surface area contributed by atoms with Crippen molar-refractivity contribution >= 4 is 0 Å². The molecule has 1 fully saturated rings. The Morgan fingerprint density at radius 3 is 2.77 bits per heavy atom. The topological polar surface area (TPSA) is 32.3 Å². The second-order valence-electron chi connectivity index (χ2n) is 3.44. The van der Waals surface area contributed by atoms with Crippen LogP contribution in [0.2, 0.25) is 0 Å². The fourth-order valence-corrected chi connectivity index (χ4v) is 1.75. The highest BCUT2D eigenvalue weighted by Crippen LogP contribution is 2.29. The van der Waals surface area contributed by atoms with E-state index in [1.807, 2.05) is 0 Å². The second-order valence-corrected chi connectivity index (χ2v) is 3.44. The lowest BCUT2D eigenvalue weighted by molar-refractivity contribution is 0.0549. The number of benzene rings is 1. The van der Waals surface area contributed by atoms with Gasteiger partial charge in [-0.3, -0.25) is 0 Å². The van der Waals surface area contributed by atoms with Crippen molar-refractivity contribution in [1.82, 2.24) is 5.32 Å². The summed E-state index contributed by atoms with van der Waals surface area (Å²) in [5.41, 5.74) is -0.606. The van der Waals surface area contributed by atoms with Crippen molar-refractivity contribution in [3.8, 4) is 0 Å². The predicted octanol–water partition coefficient (Wildman–Crippen LogP) is 1.01. The van der Waals surface area contributed by atoms with Crippen molar-refractivity contribution in [2.45, 2.75) is 12.0 Å². The first-order chi connectivity index (χ1) is 6.22. The molecule has 0 amide bonds. The molecule has 1 unspecified atom stereocenters. The van der Waals surface area contributed by atoms with E-state index in [9.17, 15) is 9.50 Å². The Labute approximate surface area is 76.4 Å². The lowest BCUT2D eigenvalue weighted by atomic mass is 9.93. The SMILES string of the molecule is OC1(c2ccccc2F)CCNC1. The highest BCUT2D eigenvalue weighted by molar-refractivity contribution is 5.25. The third-order valence-electron chi connectivity index (χ3n) is 2.51. The van der Waals surface area contributed by atoms with Gasteiger partial charge in [0.1, 0.15) is 11.4 Å². The molecule has 1 aromatic rings. The van der Waals surface area contributed by atoms with Crippen molar-refractivity contribution in [3.63, 3.8) is 0 Å². The number of rotatable bonds is 1. The Kier molecular flexibility index (Phi) is 2.06. The number of β-amino-alcohol motifs (C(OH)–C–C–N with tert-alkyl or cyclic N) is 1. The third kappa shape index (κ3) is 1.45. The van der Waals surface area contributed by atoms with Crippen LogP contribution in [0.1, 0.15) is 12.0 Å². The zero-order valence-corrected chi connectivity index (χ0v) is 7.26. The first-order valence-electron chi connectivity index (χ1n) is 4.40. The molecule has 1 atom stereocenters. The van der Waals surface area contributed by atoms with E-state index < -0.39 is 5.60 Å². The lowest BCUT2D eigenvalue weighted by Crippen LogP contribution is -2.29. The molecule has 13 heavy (non-hydrogen) atoms. The van der Waals surface area contributed by atoms with E-state index in [4.69, 9.17) is 0 Å². The molecule has 70 valence electrons. The van der Waals surface area contributed by atoms with E-state index in [0.717, 1.165) is 6.54 Å². The number of aliphatic hydroxyl groups is 1. The van der Waals surface area contributed by atoms with Crippen LogP contribution >= 0.6 is 0 Å². The summed E-state index contributed by atoms with van der Waals surface area (Å²) in [6.07, 6.45) is 0.577. The van der Waals surface area contributed by atoms with E-state index in [2.05, 4.69) is 5.32 Å². The van der Waals surface area contributed by atoms with Gasteiger partial charge in [-0.25, -0.2) is 4.39 Å². The first kappa shape index (κ1) is 8.66. The molecule has 0 aromatic heterocycles. The number of nitrogens with one attached hydrogen (secondary N) is 1. The summed E-state index contributed by atoms with van der Waals surface area (Å²) in [6.45, 7) is 1.18. The van der Waals surface area contributed by atoms with Gasteiger partial charge in [0, 0.05) is 12.1 Å². The standard InChI is InChI=1S/C10H12FNO/c11-9-4-2-1-3-8(9)10(13)5-6-12-7-10/h1-4,12-13H,5-7H2. The maximum atomic E-state index is 13.3. The predicted molar refractivity (Wildman–Crippen MR) is 47.8 cm³/mol. The average molecular weight is 181 g/mol. The third-order valence-corrected chi connectivity index (χ3v) is 2.51. The van der Waals surface area contributed by atoms with E-state index in [-0.39, 0.29) is 5.82 Å². The average Bonchev–Trinajstić information content (AvgIpc) is 2.54. The Morgan fingerprint density at radius 1 is 1.38 bits per heavy atom. The minimum absolute atomic E-state index is 0.325. The van der Waals surface area contributed by atoms with Crippen LogP contribution in [0.3, 0.4) is 0 Å². The van der Waals surface area contributed by atoms with Crippen LogP contribution in [0, 0.1) is 5.82 Å². The molecule has 1 saturated heterocycles. The zero-order valence-electron chi connectivity index (χ0n) is 7.26. The summed E-state index contributed by atoms with van der Waals surface area (Å²) in [6, 6.07) is 6.40. The molecule has 1 aliphatic heterocycles. The molecule has 1 aliphatic rings. The molecule has 0 saturated carbocycles. The number of halogens is 1. The lowest BCUT2D eigenvalue weighted by Gasteiger charge is -2.21. The molecular weight excluding hydrogens is 169 g/mol. The summed E-state index contributed by atoms with van der Waals surface area (Å²) < 4.78 is 13.3. The van der Waals surface area contributed by atoms with Crippen LogP contribution in [-0.2, 0) is 5.60 Å². The number of hydrogen-bond acceptors (Lipinski definition) is 2. The minimum atomic E-state index is -1.01. The van der Waals surface area contributed by atoms with Crippen molar-refractivity contribution in [3.05, 3.63) is 35.6 Å². The zero-order chi connectivity index (χ0) is 9.31. The maximum absolute atomic E-state index is 13.3. The van der Waals surface area contributed by atoms with Gasteiger partial charge in [0.15, 0.2) is 0 Å². The van der Waals surface area contributed by atoms with E-state index in [1.54, 1.807) is 18.2 Å². The Bertz CT molecular complexity index is 308. The van der Waals surface area contributed by atoms with E-state index >= 15 is 0 Å². The molecule has 1 heterocycles. The summed E-state index contributed by atoms with van der Waals surface area (Å²) in [5.74, 6) is -0.325. The van der Waals surface area contributed by atoms with Crippen LogP contribution < -0.4 is 5.32 Å². The van der Waals surface area contributed by atoms with Gasteiger partial charge in [0.05, 0.1) is 0 Å². The maximum Gasteiger partial charge on any atom is 0.129 e. The van der Waals surface area contributed by atoms with Gasteiger partial charge in [-0.05, 0) is 19.0 Å². The highest BCUT2D eigenvalue weighted by Gasteiger charge is 2.34. The molecular formula is C10H12FNO. The van der Waals surface area contributed by atoms with Crippen molar-refractivity contribution in [2.24, 2.45) is 0 Å². The molecule has 2 N–H and O–H groups in total. The van der Waals surface area contributed by atoms with Crippen LogP contribution in [0.15, 0.2) is 24.3 Å². The number of hydrogen-bond donors (Lipinski definition) is 2. The van der Waals surface area contributed by atoms with Crippen molar-refractivity contribution in [1.29, 1.82) is 0 Å². The van der Waals surface area contributed by atoms with Gasteiger partial charge < -0.3 is 10.4 Å². The van der Waals surface area contributed by atoms with Gasteiger partial charge >= 0.3 is 0 Å². The largest absolute Gasteiger partial charge is 0.384 e. The summed E-state index contributed by atoms with van der Waals surface area (Å²) in [4.78, 5) is 0. The van der Waals surface area contributed by atoms with E-state index in [1.165, 1.54) is 6.07 Å². The smallest absolute Gasteiger partial charge is 0.129 e. The minimum Gasteiger partial charge on any atom is -0.384 e. The van der Waals surface area contributed by atoms with Gasteiger partial charge in [-0.15, -0.1) is 0 Å². The molecule has 2 nitrogen and oxygen atoms in total. The van der Waals surface area contributed by atoms with Gasteiger partial charge in [-0.2, -0.15) is 0 Å². The van der Waals surface area contributed by atoms with Crippen molar-refractivity contribution in [2.75, 3.05) is 13.1 Å². The fourth-order valence-electron chi connectivity index (χ4n) is 1.75. The first-order valence-corrected chi connectivity index (χ1v) is 4.40.